The first-order valence-electron chi connectivity index (χ1n) is 5.45. The first-order valence-corrected chi connectivity index (χ1v) is 6.67. The first kappa shape index (κ1) is 15.2. The molecule has 0 heterocycles. The molecule has 0 fully saturated rings. The first-order chi connectivity index (χ1) is 7.12. The van der Waals surface area contributed by atoms with Crippen LogP contribution in [-0.4, -0.2) is 51.0 Å². The molecule has 92 valence electrons. The Labute approximate surface area is 98.3 Å². The van der Waals surface area contributed by atoms with Crippen LogP contribution in [0.4, 0.5) is 0 Å². The molecule has 0 aliphatic rings. The highest BCUT2D eigenvalue weighted by molar-refractivity contribution is 7.99. The number of nitrogens with one attached hydrogen (secondary N) is 1. The average molecular weight is 235 g/mol. The summed E-state index contributed by atoms with van der Waals surface area (Å²) in [7, 11) is 1.69. The normalized spacial score (nSPS) is 12.0. The standard InChI is InChI=1S/C11H25NO2S/c1-11(2,15-4)10-12-6-5-7-14-9-8-13-3/h12H,5-10H2,1-4H3. The van der Waals surface area contributed by atoms with Gasteiger partial charge in [-0.3, -0.25) is 0 Å². The van der Waals surface area contributed by atoms with E-state index >= 15 is 0 Å². The molecule has 0 aliphatic heterocycles. The van der Waals surface area contributed by atoms with Gasteiger partial charge in [-0.15, -0.1) is 0 Å². The lowest BCUT2D eigenvalue weighted by Crippen LogP contribution is -2.32. The van der Waals surface area contributed by atoms with Crippen LogP contribution in [0.3, 0.4) is 0 Å². The SMILES string of the molecule is COCCOCCCNCC(C)(C)SC. The van der Waals surface area contributed by atoms with Gasteiger partial charge in [0.1, 0.15) is 0 Å². The van der Waals surface area contributed by atoms with E-state index in [-0.39, 0.29) is 0 Å². The summed E-state index contributed by atoms with van der Waals surface area (Å²) in [5.41, 5.74) is 0. The van der Waals surface area contributed by atoms with E-state index in [2.05, 4.69) is 25.4 Å². The fourth-order valence-corrected chi connectivity index (χ4v) is 1.25. The predicted octanol–water partition coefficient (Wildman–Crippen LogP) is 1.77. The number of ether oxygens (including phenoxy) is 2. The Balaban J connectivity index is 3.11. The molecule has 0 atom stereocenters. The van der Waals surface area contributed by atoms with Gasteiger partial charge in [0, 0.05) is 25.0 Å². The lowest BCUT2D eigenvalue weighted by Gasteiger charge is -2.22. The fraction of sp³-hybridized carbons (Fsp3) is 1.00. The zero-order chi connectivity index (χ0) is 11.6. The van der Waals surface area contributed by atoms with Crippen molar-refractivity contribution in [3.05, 3.63) is 0 Å². The van der Waals surface area contributed by atoms with E-state index in [1.165, 1.54) is 0 Å². The minimum atomic E-state index is 0.330. The van der Waals surface area contributed by atoms with Crippen molar-refractivity contribution >= 4 is 11.8 Å². The van der Waals surface area contributed by atoms with Crippen LogP contribution >= 0.6 is 11.8 Å². The minimum Gasteiger partial charge on any atom is -0.382 e. The topological polar surface area (TPSA) is 30.5 Å². The van der Waals surface area contributed by atoms with Crippen molar-refractivity contribution < 1.29 is 9.47 Å². The highest BCUT2D eigenvalue weighted by Gasteiger charge is 2.14. The number of rotatable bonds is 10. The Morgan fingerprint density at radius 1 is 1.20 bits per heavy atom. The molecule has 15 heavy (non-hydrogen) atoms. The van der Waals surface area contributed by atoms with Crippen LogP contribution in [0, 0.1) is 0 Å². The number of hydrogen-bond donors (Lipinski definition) is 1. The van der Waals surface area contributed by atoms with E-state index in [1.807, 2.05) is 11.8 Å². The number of methoxy groups -OCH3 is 1. The van der Waals surface area contributed by atoms with Gasteiger partial charge < -0.3 is 14.8 Å². The summed E-state index contributed by atoms with van der Waals surface area (Å²) in [5.74, 6) is 0. The molecular formula is C11H25NO2S. The molecule has 0 bridgehead atoms. The summed E-state index contributed by atoms with van der Waals surface area (Å²) in [5, 5.41) is 3.44. The van der Waals surface area contributed by atoms with E-state index in [1.54, 1.807) is 7.11 Å². The predicted molar refractivity (Wildman–Crippen MR) is 67.8 cm³/mol. The molecule has 0 rings (SSSR count). The Kier molecular flexibility index (Phi) is 9.60. The molecule has 4 heteroatoms. The van der Waals surface area contributed by atoms with Crippen LogP contribution in [-0.2, 0) is 9.47 Å². The molecule has 3 nitrogen and oxygen atoms in total. The van der Waals surface area contributed by atoms with Crippen LogP contribution < -0.4 is 5.32 Å². The van der Waals surface area contributed by atoms with Gasteiger partial charge in [0.25, 0.3) is 0 Å². The average Bonchev–Trinajstić information content (AvgIpc) is 2.22. The van der Waals surface area contributed by atoms with Crippen LogP contribution in [0.2, 0.25) is 0 Å². The molecule has 0 aromatic heterocycles. The molecule has 0 saturated carbocycles. The van der Waals surface area contributed by atoms with Crippen molar-refractivity contribution in [2.75, 3.05) is 46.3 Å². The Hall–Kier alpha value is 0.230. The Morgan fingerprint density at radius 3 is 2.53 bits per heavy atom. The summed E-state index contributed by atoms with van der Waals surface area (Å²) in [4.78, 5) is 0. The lowest BCUT2D eigenvalue weighted by atomic mass is 10.2. The summed E-state index contributed by atoms with van der Waals surface area (Å²) in [6, 6.07) is 0. The van der Waals surface area contributed by atoms with Crippen molar-refractivity contribution in [1.82, 2.24) is 5.32 Å². The molecule has 1 N–H and O–H groups in total. The zero-order valence-electron chi connectivity index (χ0n) is 10.5. The van der Waals surface area contributed by atoms with Crippen LogP contribution in [0.15, 0.2) is 0 Å². The maximum atomic E-state index is 5.36. The highest BCUT2D eigenvalue weighted by atomic mass is 32.2. The van der Waals surface area contributed by atoms with Gasteiger partial charge in [0.2, 0.25) is 0 Å². The maximum absolute atomic E-state index is 5.36. The van der Waals surface area contributed by atoms with Crippen molar-refractivity contribution in [2.24, 2.45) is 0 Å². The second kappa shape index (κ2) is 9.46. The van der Waals surface area contributed by atoms with E-state index in [0.717, 1.165) is 26.1 Å². The number of thioether (sulfide) groups is 1. The Bertz CT molecular complexity index is 143. The molecule has 0 radical (unpaired) electrons. The summed E-state index contributed by atoms with van der Waals surface area (Å²) in [6.45, 7) is 8.78. The van der Waals surface area contributed by atoms with E-state index in [9.17, 15) is 0 Å². The van der Waals surface area contributed by atoms with Crippen molar-refractivity contribution in [2.45, 2.75) is 25.0 Å². The van der Waals surface area contributed by atoms with Gasteiger partial charge in [-0.1, -0.05) is 0 Å². The second-order valence-electron chi connectivity index (χ2n) is 4.10. The van der Waals surface area contributed by atoms with Gasteiger partial charge in [-0.2, -0.15) is 11.8 Å². The second-order valence-corrected chi connectivity index (χ2v) is 5.61. The minimum absolute atomic E-state index is 0.330. The smallest absolute Gasteiger partial charge is 0.0700 e. The molecule has 0 aromatic carbocycles. The van der Waals surface area contributed by atoms with E-state index in [0.29, 0.717) is 18.0 Å². The molecule has 0 amide bonds. The Morgan fingerprint density at radius 2 is 1.93 bits per heavy atom. The highest BCUT2D eigenvalue weighted by Crippen LogP contribution is 2.19. The van der Waals surface area contributed by atoms with E-state index < -0.39 is 0 Å². The van der Waals surface area contributed by atoms with Gasteiger partial charge >= 0.3 is 0 Å². The van der Waals surface area contributed by atoms with Gasteiger partial charge in [0.05, 0.1) is 13.2 Å². The number of hydrogen-bond acceptors (Lipinski definition) is 4. The third kappa shape index (κ3) is 10.5. The molecule has 0 aliphatic carbocycles. The van der Waals surface area contributed by atoms with Gasteiger partial charge in [-0.05, 0) is 33.1 Å². The van der Waals surface area contributed by atoms with Crippen molar-refractivity contribution in [1.29, 1.82) is 0 Å². The van der Waals surface area contributed by atoms with Crippen LogP contribution in [0.25, 0.3) is 0 Å². The monoisotopic (exact) mass is 235 g/mol. The van der Waals surface area contributed by atoms with Gasteiger partial charge in [-0.25, -0.2) is 0 Å². The molecular weight excluding hydrogens is 210 g/mol. The third-order valence-electron chi connectivity index (χ3n) is 2.18. The summed E-state index contributed by atoms with van der Waals surface area (Å²) >= 11 is 1.89. The molecule has 0 saturated heterocycles. The molecule has 0 spiro atoms. The fourth-order valence-electron chi connectivity index (χ4n) is 1.01. The van der Waals surface area contributed by atoms with Crippen LogP contribution in [0.5, 0.6) is 0 Å². The molecule has 0 unspecified atom stereocenters. The van der Waals surface area contributed by atoms with Crippen molar-refractivity contribution in [3.63, 3.8) is 0 Å². The molecule has 0 aromatic rings. The van der Waals surface area contributed by atoms with E-state index in [4.69, 9.17) is 9.47 Å². The largest absolute Gasteiger partial charge is 0.382 e. The van der Waals surface area contributed by atoms with Crippen LogP contribution in [0.1, 0.15) is 20.3 Å². The summed E-state index contributed by atoms with van der Waals surface area (Å²) < 4.78 is 10.6. The lowest BCUT2D eigenvalue weighted by molar-refractivity contribution is 0.0695. The third-order valence-corrected chi connectivity index (χ3v) is 3.43. The zero-order valence-corrected chi connectivity index (χ0v) is 11.3. The quantitative estimate of drug-likeness (QED) is 0.585. The van der Waals surface area contributed by atoms with Gasteiger partial charge in [0.15, 0.2) is 0 Å². The van der Waals surface area contributed by atoms with Crippen molar-refractivity contribution in [3.8, 4) is 0 Å². The maximum Gasteiger partial charge on any atom is 0.0700 e. The summed E-state index contributed by atoms with van der Waals surface area (Å²) in [6.07, 6.45) is 3.21.